The van der Waals surface area contributed by atoms with Crippen molar-refractivity contribution in [2.75, 3.05) is 23.8 Å². The summed E-state index contributed by atoms with van der Waals surface area (Å²) in [6, 6.07) is 7.01. The van der Waals surface area contributed by atoms with Crippen molar-refractivity contribution in [3.8, 4) is 0 Å². The number of nitrogens with one attached hydrogen (secondary N) is 1. The van der Waals surface area contributed by atoms with E-state index in [1.807, 2.05) is 24.1 Å². The summed E-state index contributed by atoms with van der Waals surface area (Å²) in [4.78, 5) is 26.4. The summed E-state index contributed by atoms with van der Waals surface area (Å²) >= 11 is 0. The first-order chi connectivity index (χ1) is 13.0. The van der Waals surface area contributed by atoms with Gasteiger partial charge in [-0.05, 0) is 36.2 Å². The molecule has 3 aromatic rings. The average molecular weight is 369 g/mol. The van der Waals surface area contributed by atoms with Crippen LogP contribution in [-0.2, 0) is 6.42 Å². The second kappa shape index (κ2) is 8.31. The number of aromatic nitrogens is 3. The molecule has 0 spiro atoms. The van der Waals surface area contributed by atoms with Gasteiger partial charge in [-0.15, -0.1) is 0 Å². The van der Waals surface area contributed by atoms with Crippen LogP contribution < -0.4 is 10.2 Å². The van der Waals surface area contributed by atoms with Gasteiger partial charge in [-0.2, -0.15) is 0 Å². The van der Waals surface area contributed by atoms with Crippen LogP contribution in [-0.4, -0.2) is 34.5 Å². The highest BCUT2D eigenvalue weighted by Gasteiger charge is 2.11. The van der Waals surface area contributed by atoms with Gasteiger partial charge in [0.15, 0.2) is 11.6 Å². The lowest BCUT2D eigenvalue weighted by Gasteiger charge is -2.17. The van der Waals surface area contributed by atoms with Crippen LogP contribution >= 0.6 is 0 Å². The topological polar surface area (TPSA) is 71.0 Å². The predicted octanol–water partition coefficient (Wildman–Crippen LogP) is 3.08. The van der Waals surface area contributed by atoms with E-state index in [1.165, 1.54) is 18.5 Å². The molecule has 6 nitrogen and oxygen atoms in total. The van der Waals surface area contributed by atoms with E-state index in [9.17, 15) is 13.6 Å². The van der Waals surface area contributed by atoms with Crippen molar-refractivity contribution in [1.82, 2.24) is 15.0 Å². The second-order valence-corrected chi connectivity index (χ2v) is 5.87. The molecule has 0 saturated heterocycles. The van der Waals surface area contributed by atoms with Crippen LogP contribution in [0, 0.1) is 11.6 Å². The number of halogens is 2. The predicted molar refractivity (Wildman–Crippen MR) is 97.6 cm³/mol. The smallest absolute Gasteiger partial charge is 0.275 e. The zero-order valence-corrected chi connectivity index (χ0v) is 14.6. The van der Waals surface area contributed by atoms with Crippen LogP contribution in [0.5, 0.6) is 0 Å². The van der Waals surface area contributed by atoms with E-state index in [4.69, 9.17) is 0 Å². The Kier molecular flexibility index (Phi) is 5.65. The number of hydrogen-bond donors (Lipinski definition) is 1. The highest BCUT2D eigenvalue weighted by Crippen LogP contribution is 2.14. The molecule has 0 saturated carbocycles. The number of likely N-dealkylation sites (N-methyl/N-ethyl adjacent to an activating group) is 1. The Morgan fingerprint density at radius 2 is 1.85 bits per heavy atom. The number of carbonyl (C=O) groups is 1. The van der Waals surface area contributed by atoms with E-state index >= 15 is 0 Å². The number of anilines is 2. The largest absolute Gasteiger partial charge is 0.358 e. The van der Waals surface area contributed by atoms with E-state index < -0.39 is 17.5 Å². The van der Waals surface area contributed by atoms with Crippen LogP contribution in [0.15, 0.2) is 55.1 Å². The molecule has 0 fully saturated rings. The van der Waals surface area contributed by atoms with Crippen LogP contribution in [0.2, 0.25) is 0 Å². The van der Waals surface area contributed by atoms with Gasteiger partial charge in [-0.1, -0.05) is 0 Å². The summed E-state index contributed by atoms with van der Waals surface area (Å²) < 4.78 is 26.1. The fourth-order valence-corrected chi connectivity index (χ4v) is 2.37. The maximum atomic E-state index is 13.2. The van der Waals surface area contributed by atoms with Gasteiger partial charge >= 0.3 is 0 Å². The minimum absolute atomic E-state index is 0.0750. The third-order valence-electron chi connectivity index (χ3n) is 3.92. The number of pyridine rings is 1. The number of rotatable bonds is 6. The van der Waals surface area contributed by atoms with Gasteiger partial charge in [0.25, 0.3) is 5.91 Å². The summed E-state index contributed by atoms with van der Waals surface area (Å²) in [6.07, 6.45) is 7.14. The summed E-state index contributed by atoms with van der Waals surface area (Å²) in [6.45, 7) is 0.721. The number of benzene rings is 1. The highest BCUT2D eigenvalue weighted by atomic mass is 19.2. The lowest BCUT2D eigenvalue weighted by atomic mass is 10.2. The molecular formula is C19H17F2N5O. The number of nitrogens with zero attached hydrogens (tertiary/aromatic N) is 4. The minimum atomic E-state index is -1.04. The van der Waals surface area contributed by atoms with E-state index in [2.05, 4.69) is 20.3 Å². The Labute approximate surface area is 154 Å². The molecule has 27 heavy (non-hydrogen) atoms. The standard InChI is InChI=1S/C19H17F2N5O/c1-26(9-6-13-4-7-22-8-5-13)18-12-23-17(11-24-18)19(27)25-14-2-3-15(20)16(21)10-14/h2-5,7-8,10-12H,6,9H2,1H3,(H,25,27). The maximum absolute atomic E-state index is 13.2. The normalized spacial score (nSPS) is 10.5. The molecule has 0 radical (unpaired) electrons. The Balaban J connectivity index is 1.60. The fourth-order valence-electron chi connectivity index (χ4n) is 2.37. The van der Waals surface area contributed by atoms with Crippen molar-refractivity contribution in [3.63, 3.8) is 0 Å². The molecular weight excluding hydrogens is 352 g/mol. The van der Waals surface area contributed by atoms with E-state index in [0.29, 0.717) is 5.82 Å². The second-order valence-electron chi connectivity index (χ2n) is 5.87. The van der Waals surface area contributed by atoms with Crippen molar-refractivity contribution < 1.29 is 13.6 Å². The molecule has 0 aliphatic rings. The summed E-state index contributed by atoms with van der Waals surface area (Å²) in [7, 11) is 1.88. The zero-order valence-electron chi connectivity index (χ0n) is 14.6. The zero-order chi connectivity index (χ0) is 19.2. The lowest BCUT2D eigenvalue weighted by Crippen LogP contribution is -2.22. The molecule has 138 valence electrons. The van der Waals surface area contributed by atoms with E-state index in [-0.39, 0.29) is 11.4 Å². The van der Waals surface area contributed by atoms with Gasteiger partial charge in [-0.3, -0.25) is 9.78 Å². The molecule has 1 amide bonds. The van der Waals surface area contributed by atoms with Crippen LogP contribution in [0.3, 0.4) is 0 Å². The van der Waals surface area contributed by atoms with Crippen LogP contribution in [0.25, 0.3) is 0 Å². The molecule has 0 aliphatic carbocycles. The quantitative estimate of drug-likeness (QED) is 0.723. The third-order valence-corrected chi connectivity index (χ3v) is 3.92. The molecule has 2 aromatic heterocycles. The van der Waals surface area contributed by atoms with Crippen molar-refractivity contribution in [1.29, 1.82) is 0 Å². The summed E-state index contributed by atoms with van der Waals surface area (Å²) in [5, 5.41) is 2.45. The average Bonchev–Trinajstić information content (AvgIpc) is 2.70. The van der Waals surface area contributed by atoms with Gasteiger partial charge in [0, 0.05) is 37.7 Å². The molecule has 0 unspecified atom stereocenters. The number of hydrogen-bond acceptors (Lipinski definition) is 5. The first-order valence-corrected chi connectivity index (χ1v) is 8.21. The Bertz CT molecular complexity index is 919. The first kappa shape index (κ1) is 18.4. The SMILES string of the molecule is CN(CCc1ccncc1)c1cnc(C(=O)Nc2ccc(F)c(F)c2)cn1. The van der Waals surface area contributed by atoms with Crippen LogP contribution in [0.1, 0.15) is 16.1 Å². The van der Waals surface area contributed by atoms with Gasteiger partial charge in [-0.25, -0.2) is 18.7 Å². The lowest BCUT2D eigenvalue weighted by molar-refractivity contribution is 0.102. The fraction of sp³-hybridized carbons (Fsp3) is 0.158. The van der Waals surface area contributed by atoms with Gasteiger partial charge < -0.3 is 10.2 Å². The molecule has 1 N–H and O–H groups in total. The first-order valence-electron chi connectivity index (χ1n) is 8.21. The van der Waals surface area contributed by atoms with Crippen molar-refractivity contribution in [3.05, 3.63) is 78.0 Å². The molecule has 2 heterocycles. The van der Waals surface area contributed by atoms with E-state index in [0.717, 1.165) is 30.7 Å². The number of carbonyl (C=O) groups excluding carboxylic acids is 1. The molecule has 8 heteroatoms. The molecule has 0 atom stereocenters. The van der Waals surface area contributed by atoms with E-state index in [1.54, 1.807) is 12.4 Å². The van der Waals surface area contributed by atoms with Gasteiger partial charge in [0.05, 0.1) is 12.4 Å². The molecule has 3 rings (SSSR count). The molecule has 1 aromatic carbocycles. The Hall–Kier alpha value is -3.42. The van der Waals surface area contributed by atoms with Crippen LogP contribution in [0.4, 0.5) is 20.3 Å². The van der Waals surface area contributed by atoms with Gasteiger partial charge in [0.1, 0.15) is 11.5 Å². The Morgan fingerprint density at radius 3 is 2.52 bits per heavy atom. The van der Waals surface area contributed by atoms with Crippen molar-refractivity contribution >= 4 is 17.4 Å². The maximum Gasteiger partial charge on any atom is 0.275 e. The Morgan fingerprint density at radius 1 is 1.07 bits per heavy atom. The molecule has 0 aliphatic heterocycles. The molecule has 0 bridgehead atoms. The highest BCUT2D eigenvalue weighted by molar-refractivity contribution is 6.02. The van der Waals surface area contributed by atoms with Crippen molar-refractivity contribution in [2.24, 2.45) is 0 Å². The monoisotopic (exact) mass is 369 g/mol. The third kappa shape index (κ3) is 4.81. The number of amides is 1. The summed E-state index contributed by atoms with van der Waals surface area (Å²) in [5.41, 5.74) is 1.37. The summed E-state index contributed by atoms with van der Waals surface area (Å²) in [5.74, 6) is -1.95. The van der Waals surface area contributed by atoms with Gasteiger partial charge in [0.2, 0.25) is 0 Å². The van der Waals surface area contributed by atoms with Crippen molar-refractivity contribution in [2.45, 2.75) is 6.42 Å². The minimum Gasteiger partial charge on any atom is -0.358 e.